The number of ether oxygens (including phenoxy) is 1. The van der Waals surface area contributed by atoms with E-state index in [1.807, 2.05) is 30.5 Å². The standard InChI is InChI=1S/C60H34N4O.Pt/c1-5-21-45-41(17-1)42-18-3-7-23-47(42)52-28-13-31-56-59(52)63(55-30-10-9-25-49(45)55)37-62(56)38-15-11-16-39(35-38)65-40-32-33-50-53-27-12-26-51-46-22-6-2-19-43(46)44-20-4-8-24-48(44)54-29-14-34-61-60(54)64(58(51)53)57(50)36-40;/h1-34H;/q-2;. The largest absolute Gasteiger partial charge is 0.510 e. The van der Waals surface area contributed by atoms with Gasteiger partial charge in [-0.15, -0.1) is 29.7 Å². The van der Waals surface area contributed by atoms with Crippen LogP contribution < -0.4 is 9.30 Å². The normalized spacial score (nSPS) is 11.8. The molecule has 5 heterocycles. The van der Waals surface area contributed by atoms with Crippen LogP contribution in [0.5, 0.6) is 11.5 Å². The molecule has 0 atom stereocenters. The van der Waals surface area contributed by atoms with E-state index in [-0.39, 0.29) is 21.1 Å². The summed E-state index contributed by atoms with van der Waals surface area (Å²) in [5.74, 6) is 1.15. The quantitative estimate of drug-likeness (QED) is 0.131. The van der Waals surface area contributed by atoms with Crippen molar-refractivity contribution in [1.82, 2.24) is 14.0 Å². The van der Waals surface area contributed by atoms with Gasteiger partial charge in [0.05, 0.1) is 16.7 Å². The van der Waals surface area contributed by atoms with Crippen molar-refractivity contribution in [2.75, 3.05) is 0 Å². The van der Waals surface area contributed by atoms with E-state index in [1.54, 1.807) is 0 Å². The number of para-hydroxylation sites is 3. The Morgan fingerprint density at radius 2 is 0.955 bits per heavy atom. The number of nitrogens with zero attached hydrogens (tertiary/aromatic N) is 4. The van der Waals surface area contributed by atoms with E-state index in [1.165, 1.54) is 38.4 Å². The molecule has 0 amide bonds. The molecule has 1 aliphatic rings. The van der Waals surface area contributed by atoms with Crippen molar-refractivity contribution < 1.29 is 30.4 Å². The van der Waals surface area contributed by atoms with Crippen LogP contribution >= 0.6 is 0 Å². The molecule has 4 aromatic heterocycles. The molecule has 312 valence electrons. The van der Waals surface area contributed by atoms with Gasteiger partial charge in [-0.05, 0) is 84.2 Å². The second-order valence-electron chi connectivity index (χ2n) is 16.6. The SMILES string of the molecule is [Pt].[c-]1c(Oc2[c-]c3c(cc2)c2cccc4c5ccccc5c5ccccc5c5cccnc5n3c42)cccc1-n1[c-][n+]2c3c(cccc31)-c1ccccc1-c1ccccc1-c1ccccc1-2. The van der Waals surface area contributed by atoms with Crippen LogP contribution in [0.2, 0.25) is 0 Å². The van der Waals surface area contributed by atoms with Crippen LogP contribution in [-0.2, 0) is 21.1 Å². The Kier molecular flexibility index (Phi) is 8.71. The van der Waals surface area contributed by atoms with E-state index in [4.69, 9.17) is 9.72 Å². The molecule has 6 heteroatoms. The predicted octanol–water partition coefficient (Wildman–Crippen LogP) is 14.4. The Hall–Kier alpha value is -8.11. The van der Waals surface area contributed by atoms with Crippen LogP contribution in [-0.4, -0.2) is 14.0 Å². The van der Waals surface area contributed by atoms with Gasteiger partial charge in [0, 0.05) is 55.1 Å². The number of pyridine rings is 1. The molecule has 1 aliphatic heterocycles. The topological polar surface area (TPSA) is 35.3 Å². The van der Waals surface area contributed by atoms with Crippen molar-refractivity contribution in [3.8, 4) is 56.3 Å². The van der Waals surface area contributed by atoms with E-state index < -0.39 is 0 Å². The Morgan fingerprint density at radius 3 is 1.70 bits per heavy atom. The molecule has 0 unspecified atom stereocenters. The molecule has 5 nitrogen and oxygen atoms in total. The van der Waals surface area contributed by atoms with Gasteiger partial charge < -0.3 is 13.7 Å². The van der Waals surface area contributed by atoms with Gasteiger partial charge in [-0.2, -0.15) is 18.2 Å². The first kappa shape index (κ1) is 38.4. The van der Waals surface area contributed by atoms with Gasteiger partial charge in [-0.25, -0.2) is 4.98 Å². The third-order valence-corrected chi connectivity index (χ3v) is 13.2. The molecule has 0 aliphatic carbocycles. The predicted molar refractivity (Wildman–Crippen MR) is 263 cm³/mol. The van der Waals surface area contributed by atoms with Crippen molar-refractivity contribution >= 4 is 70.8 Å². The van der Waals surface area contributed by atoms with E-state index >= 15 is 0 Å². The van der Waals surface area contributed by atoms with Gasteiger partial charge in [-0.1, -0.05) is 157 Å². The van der Waals surface area contributed by atoms with Crippen LogP contribution in [0.25, 0.3) is 116 Å². The summed E-state index contributed by atoms with van der Waals surface area (Å²) < 4.78 is 13.4. The van der Waals surface area contributed by atoms with Crippen molar-refractivity contribution in [1.29, 1.82) is 0 Å². The number of rotatable bonds is 3. The van der Waals surface area contributed by atoms with Crippen LogP contribution in [0.15, 0.2) is 206 Å². The zero-order valence-electron chi connectivity index (χ0n) is 35.1. The molecule has 0 N–H and O–H groups in total. The number of aromatic nitrogens is 4. The number of hydrogen-bond acceptors (Lipinski definition) is 2. The minimum atomic E-state index is 0. The molecule has 0 radical (unpaired) electrons. The number of imidazole rings is 1. The maximum Gasteiger partial charge on any atom is 0.268 e. The summed E-state index contributed by atoms with van der Waals surface area (Å²) in [5, 5.41) is 9.03. The van der Waals surface area contributed by atoms with E-state index in [0.29, 0.717) is 11.5 Å². The first-order chi connectivity index (χ1) is 32.3. The average Bonchev–Trinajstić information content (AvgIpc) is 3.94. The monoisotopic (exact) mass is 1020 g/mol. The van der Waals surface area contributed by atoms with Gasteiger partial charge in [0.25, 0.3) is 6.33 Å². The molecule has 0 fully saturated rings. The van der Waals surface area contributed by atoms with E-state index in [9.17, 15) is 0 Å². The fourth-order valence-electron chi connectivity index (χ4n) is 10.4. The molecule has 0 spiro atoms. The van der Waals surface area contributed by atoms with E-state index in [2.05, 4.69) is 208 Å². The molecule has 14 rings (SSSR count). The zero-order chi connectivity index (χ0) is 42.6. The summed E-state index contributed by atoms with van der Waals surface area (Å²) in [6.07, 6.45) is 5.67. The van der Waals surface area contributed by atoms with Gasteiger partial charge in [0.2, 0.25) is 0 Å². The van der Waals surface area contributed by atoms with Crippen LogP contribution in [0.1, 0.15) is 0 Å². The Balaban J connectivity index is 0.00000435. The molecule has 66 heavy (non-hydrogen) atoms. The average molecular weight is 1020 g/mol. The molecule has 13 aromatic rings. The smallest absolute Gasteiger partial charge is 0.268 e. The molecule has 0 saturated carbocycles. The fourth-order valence-corrected chi connectivity index (χ4v) is 10.4. The maximum atomic E-state index is 6.77. The molecule has 9 aromatic carbocycles. The second-order valence-corrected chi connectivity index (χ2v) is 16.6. The van der Waals surface area contributed by atoms with Crippen LogP contribution in [0.4, 0.5) is 0 Å². The van der Waals surface area contributed by atoms with Gasteiger partial charge in [0.15, 0.2) is 0 Å². The first-order valence-electron chi connectivity index (χ1n) is 21.9. The third-order valence-electron chi connectivity index (χ3n) is 13.2. The molecular weight excluding hydrogens is 988 g/mol. The minimum Gasteiger partial charge on any atom is -0.510 e. The summed E-state index contributed by atoms with van der Waals surface area (Å²) in [5.41, 5.74) is 13.8. The summed E-state index contributed by atoms with van der Waals surface area (Å²) in [6, 6.07) is 78.2. The van der Waals surface area contributed by atoms with Gasteiger partial charge in [-0.3, -0.25) is 4.57 Å². The van der Waals surface area contributed by atoms with Crippen molar-refractivity contribution in [3.63, 3.8) is 0 Å². The van der Waals surface area contributed by atoms with Gasteiger partial charge >= 0.3 is 0 Å². The number of hydrogen-bond donors (Lipinski definition) is 0. The molecule has 0 saturated heterocycles. The fraction of sp³-hybridized carbons (Fsp3) is 0. The summed E-state index contributed by atoms with van der Waals surface area (Å²) in [4.78, 5) is 5.12. The van der Waals surface area contributed by atoms with E-state index in [0.717, 1.165) is 77.1 Å². The van der Waals surface area contributed by atoms with Crippen LogP contribution in [0.3, 0.4) is 0 Å². The molecule has 0 bridgehead atoms. The second kappa shape index (κ2) is 15.0. The van der Waals surface area contributed by atoms with Crippen molar-refractivity contribution in [2.45, 2.75) is 0 Å². The molecular formula is C60H34N4OPt-2. The maximum absolute atomic E-state index is 6.77. The zero-order valence-corrected chi connectivity index (χ0v) is 37.4. The van der Waals surface area contributed by atoms with Crippen molar-refractivity contribution in [3.05, 3.63) is 225 Å². The van der Waals surface area contributed by atoms with Gasteiger partial charge in [0.1, 0.15) is 5.65 Å². The summed E-state index contributed by atoms with van der Waals surface area (Å²) >= 11 is 0. The Morgan fingerprint density at radius 1 is 0.424 bits per heavy atom. The minimum absolute atomic E-state index is 0. The first-order valence-corrected chi connectivity index (χ1v) is 21.9. The Labute approximate surface area is 394 Å². The number of fused-ring (bicyclic) bond motifs is 17. The Bertz CT molecular complexity index is 4180. The van der Waals surface area contributed by atoms with Crippen LogP contribution in [0, 0.1) is 18.5 Å². The third kappa shape index (κ3) is 5.63. The van der Waals surface area contributed by atoms with Crippen molar-refractivity contribution in [2.24, 2.45) is 0 Å². The summed E-state index contributed by atoms with van der Waals surface area (Å²) in [6.45, 7) is 0. The summed E-state index contributed by atoms with van der Waals surface area (Å²) in [7, 11) is 0. The number of benzene rings is 9.